The Kier molecular flexibility index (Phi) is 7.32. The normalized spacial score (nSPS) is 11.5. The second kappa shape index (κ2) is 9.47. The predicted octanol–water partition coefficient (Wildman–Crippen LogP) is 1.68. The first kappa shape index (κ1) is 20.1. The molecule has 0 bridgehead atoms. The van der Waals surface area contributed by atoms with Crippen molar-refractivity contribution in [3.8, 4) is 0 Å². The maximum atomic E-state index is 12.7. The largest absolute Gasteiger partial charge is 0.337 e. The van der Waals surface area contributed by atoms with Crippen LogP contribution >= 0.6 is 0 Å². The van der Waals surface area contributed by atoms with Crippen molar-refractivity contribution in [2.45, 2.75) is 17.9 Å². The molecule has 0 aliphatic heterocycles. The summed E-state index contributed by atoms with van der Waals surface area (Å²) in [5.41, 5.74) is 6.56. The van der Waals surface area contributed by atoms with E-state index < -0.39 is 10.0 Å². The van der Waals surface area contributed by atoms with E-state index >= 15 is 0 Å². The van der Waals surface area contributed by atoms with Gasteiger partial charge in [-0.25, -0.2) is 8.42 Å². The van der Waals surface area contributed by atoms with Gasteiger partial charge >= 0.3 is 0 Å². The highest BCUT2D eigenvalue weighted by molar-refractivity contribution is 7.89. The summed E-state index contributed by atoms with van der Waals surface area (Å²) in [5.74, 6) is -0.246. The minimum atomic E-state index is -3.70. The SMILES string of the molecule is CN(CC(=O)N(CCCN)Cc1ccccc1)S(=O)(=O)c1ccccc1. The van der Waals surface area contributed by atoms with Gasteiger partial charge in [0.05, 0.1) is 11.4 Å². The standard InChI is InChI=1S/C19H25N3O3S/c1-21(26(24,25)18-11-6-3-7-12-18)16-19(23)22(14-8-13-20)15-17-9-4-2-5-10-17/h2-7,9-12H,8,13-16,20H2,1H3. The Labute approximate surface area is 155 Å². The number of sulfonamides is 1. The fourth-order valence-electron chi connectivity index (χ4n) is 2.53. The third kappa shape index (κ3) is 5.39. The summed E-state index contributed by atoms with van der Waals surface area (Å²) >= 11 is 0. The zero-order valence-electron chi connectivity index (χ0n) is 14.9. The maximum Gasteiger partial charge on any atom is 0.243 e. The van der Waals surface area contributed by atoms with Crippen LogP contribution in [0.1, 0.15) is 12.0 Å². The zero-order chi connectivity index (χ0) is 19.0. The number of nitrogens with zero attached hydrogens (tertiary/aromatic N) is 2. The van der Waals surface area contributed by atoms with Gasteiger partial charge in [-0.1, -0.05) is 48.5 Å². The molecule has 0 atom stereocenters. The molecule has 2 rings (SSSR count). The molecule has 2 aromatic rings. The van der Waals surface area contributed by atoms with Crippen molar-refractivity contribution in [2.75, 3.05) is 26.7 Å². The number of amides is 1. The third-order valence-electron chi connectivity index (χ3n) is 4.01. The summed E-state index contributed by atoms with van der Waals surface area (Å²) in [6.07, 6.45) is 0.660. The molecule has 26 heavy (non-hydrogen) atoms. The van der Waals surface area contributed by atoms with Crippen LogP contribution in [0.3, 0.4) is 0 Å². The van der Waals surface area contributed by atoms with Crippen molar-refractivity contribution < 1.29 is 13.2 Å². The summed E-state index contributed by atoms with van der Waals surface area (Å²) in [6.45, 7) is 1.17. The fourth-order valence-corrected chi connectivity index (χ4v) is 3.67. The van der Waals surface area contributed by atoms with Crippen LogP contribution in [0, 0.1) is 0 Å². The van der Waals surface area contributed by atoms with Crippen molar-refractivity contribution in [2.24, 2.45) is 5.73 Å². The lowest BCUT2D eigenvalue weighted by molar-refractivity contribution is -0.131. The van der Waals surface area contributed by atoms with E-state index in [2.05, 4.69) is 0 Å². The van der Waals surface area contributed by atoms with Crippen molar-refractivity contribution in [1.82, 2.24) is 9.21 Å². The summed E-state index contributed by atoms with van der Waals surface area (Å²) < 4.78 is 26.3. The topological polar surface area (TPSA) is 83.7 Å². The van der Waals surface area contributed by atoms with E-state index in [9.17, 15) is 13.2 Å². The number of carbonyl (C=O) groups is 1. The van der Waals surface area contributed by atoms with Crippen molar-refractivity contribution in [3.63, 3.8) is 0 Å². The van der Waals surface area contributed by atoms with Gasteiger partial charge in [-0.05, 0) is 30.7 Å². The van der Waals surface area contributed by atoms with Crippen LogP contribution in [0.5, 0.6) is 0 Å². The summed E-state index contributed by atoms with van der Waals surface area (Å²) in [7, 11) is -2.28. The van der Waals surface area contributed by atoms with Gasteiger partial charge in [-0.15, -0.1) is 0 Å². The number of benzene rings is 2. The average molecular weight is 375 g/mol. The van der Waals surface area contributed by atoms with Gasteiger partial charge in [-0.2, -0.15) is 4.31 Å². The van der Waals surface area contributed by atoms with E-state index in [0.717, 1.165) is 9.87 Å². The number of likely N-dealkylation sites (N-methyl/N-ethyl adjacent to an activating group) is 1. The molecule has 0 aliphatic rings. The molecule has 0 unspecified atom stereocenters. The first-order chi connectivity index (χ1) is 12.4. The summed E-state index contributed by atoms with van der Waals surface area (Å²) in [4.78, 5) is 14.5. The first-order valence-electron chi connectivity index (χ1n) is 8.48. The van der Waals surface area contributed by atoms with Crippen LogP contribution in [-0.2, 0) is 21.4 Å². The smallest absolute Gasteiger partial charge is 0.243 e. The summed E-state index contributed by atoms with van der Waals surface area (Å²) in [6, 6.07) is 17.7. The lowest BCUT2D eigenvalue weighted by Gasteiger charge is -2.25. The third-order valence-corrected chi connectivity index (χ3v) is 5.83. The van der Waals surface area contributed by atoms with Crippen molar-refractivity contribution in [1.29, 1.82) is 0 Å². The number of hydrogen-bond acceptors (Lipinski definition) is 4. The summed E-state index contributed by atoms with van der Waals surface area (Å²) in [5, 5.41) is 0. The second-order valence-corrected chi connectivity index (χ2v) is 8.06. The maximum absolute atomic E-state index is 12.7. The lowest BCUT2D eigenvalue weighted by Crippen LogP contribution is -2.41. The van der Waals surface area contributed by atoms with Crippen LogP contribution in [0.15, 0.2) is 65.6 Å². The molecule has 6 nitrogen and oxygen atoms in total. The van der Waals surface area contributed by atoms with Crippen LogP contribution in [0.4, 0.5) is 0 Å². The molecule has 0 heterocycles. The number of carbonyl (C=O) groups excluding carboxylic acids is 1. The molecule has 0 radical (unpaired) electrons. The first-order valence-corrected chi connectivity index (χ1v) is 9.92. The molecule has 0 aromatic heterocycles. The zero-order valence-corrected chi connectivity index (χ0v) is 15.7. The fraction of sp³-hybridized carbons (Fsp3) is 0.316. The van der Waals surface area contributed by atoms with Crippen LogP contribution in [-0.4, -0.2) is 50.2 Å². The van der Waals surface area contributed by atoms with Gasteiger partial charge in [0.2, 0.25) is 15.9 Å². The Morgan fingerprint density at radius 3 is 2.15 bits per heavy atom. The number of nitrogens with two attached hydrogens (primary N) is 1. The molecule has 0 saturated carbocycles. The highest BCUT2D eigenvalue weighted by atomic mass is 32.2. The molecular formula is C19H25N3O3S. The number of rotatable bonds is 9. The van der Waals surface area contributed by atoms with Gasteiger partial charge < -0.3 is 10.6 Å². The van der Waals surface area contributed by atoms with Crippen LogP contribution in [0.2, 0.25) is 0 Å². The Hall–Kier alpha value is -2.22. The molecule has 2 aromatic carbocycles. The minimum Gasteiger partial charge on any atom is -0.337 e. The highest BCUT2D eigenvalue weighted by Crippen LogP contribution is 2.14. The Balaban J connectivity index is 2.10. The van der Waals surface area contributed by atoms with E-state index in [1.54, 1.807) is 23.1 Å². The molecule has 7 heteroatoms. The lowest BCUT2D eigenvalue weighted by atomic mass is 10.2. The van der Waals surface area contributed by atoms with Crippen LogP contribution in [0.25, 0.3) is 0 Å². The van der Waals surface area contributed by atoms with Gasteiger partial charge in [0.15, 0.2) is 0 Å². The van der Waals surface area contributed by atoms with Gasteiger partial charge in [0.1, 0.15) is 0 Å². The molecule has 0 aliphatic carbocycles. The van der Waals surface area contributed by atoms with Crippen molar-refractivity contribution in [3.05, 3.63) is 66.2 Å². The molecule has 0 spiro atoms. The predicted molar refractivity (Wildman–Crippen MR) is 102 cm³/mol. The number of hydrogen-bond donors (Lipinski definition) is 1. The monoisotopic (exact) mass is 375 g/mol. The van der Waals surface area contributed by atoms with E-state index in [1.165, 1.54) is 19.2 Å². The minimum absolute atomic E-state index is 0.173. The second-order valence-electron chi connectivity index (χ2n) is 6.02. The quantitative estimate of drug-likeness (QED) is 0.723. The van der Waals surface area contributed by atoms with E-state index in [0.29, 0.717) is 26.1 Å². The van der Waals surface area contributed by atoms with Crippen molar-refractivity contribution >= 4 is 15.9 Å². The molecular weight excluding hydrogens is 350 g/mol. The molecule has 1 amide bonds. The van der Waals surface area contributed by atoms with Gasteiger partial charge in [0.25, 0.3) is 0 Å². The van der Waals surface area contributed by atoms with E-state index in [4.69, 9.17) is 5.73 Å². The van der Waals surface area contributed by atoms with E-state index in [-0.39, 0.29) is 17.3 Å². The molecule has 0 fully saturated rings. The Morgan fingerprint density at radius 1 is 1.00 bits per heavy atom. The van der Waals surface area contributed by atoms with E-state index in [1.807, 2.05) is 30.3 Å². The Bertz CT molecular complexity index is 795. The molecule has 140 valence electrons. The van der Waals surface area contributed by atoms with Crippen LogP contribution < -0.4 is 5.73 Å². The molecule has 0 saturated heterocycles. The Morgan fingerprint density at radius 2 is 1.58 bits per heavy atom. The van der Waals surface area contributed by atoms with Gasteiger partial charge in [-0.3, -0.25) is 4.79 Å². The molecule has 2 N–H and O–H groups in total. The van der Waals surface area contributed by atoms with Gasteiger partial charge in [0, 0.05) is 20.1 Å². The highest BCUT2D eigenvalue weighted by Gasteiger charge is 2.25. The average Bonchev–Trinajstić information content (AvgIpc) is 2.66.